The Balaban J connectivity index is 2.41. The zero-order valence-corrected chi connectivity index (χ0v) is 14.7. The van der Waals surface area contributed by atoms with E-state index in [2.05, 4.69) is 0 Å². The number of hydrogen-bond donors (Lipinski definition) is 1. The summed E-state index contributed by atoms with van der Waals surface area (Å²) in [6.45, 7) is 0. The number of carboxylic acids is 1. The lowest BCUT2D eigenvalue weighted by Gasteiger charge is -2.17. The van der Waals surface area contributed by atoms with Crippen molar-refractivity contribution in [2.75, 3.05) is 28.4 Å². The predicted molar refractivity (Wildman–Crippen MR) is 93.2 cm³/mol. The quantitative estimate of drug-likeness (QED) is 0.791. The highest BCUT2D eigenvalue weighted by Crippen LogP contribution is 2.39. The van der Waals surface area contributed by atoms with E-state index in [4.69, 9.17) is 18.9 Å². The summed E-state index contributed by atoms with van der Waals surface area (Å²) in [4.78, 5) is 11.8. The number of hydrogen-bond acceptors (Lipinski definition) is 5. The van der Waals surface area contributed by atoms with Crippen molar-refractivity contribution in [2.45, 2.75) is 12.3 Å². The van der Waals surface area contributed by atoms with Gasteiger partial charge < -0.3 is 24.1 Å². The topological polar surface area (TPSA) is 74.2 Å². The van der Waals surface area contributed by atoms with Crippen molar-refractivity contribution in [2.24, 2.45) is 0 Å². The van der Waals surface area contributed by atoms with E-state index in [1.807, 2.05) is 0 Å². The zero-order valence-electron chi connectivity index (χ0n) is 14.7. The minimum Gasteiger partial charge on any atom is -0.497 e. The van der Waals surface area contributed by atoms with Gasteiger partial charge in [0, 0.05) is 0 Å². The lowest BCUT2D eigenvalue weighted by Crippen LogP contribution is -2.14. The van der Waals surface area contributed by atoms with Gasteiger partial charge in [0.05, 0.1) is 34.4 Å². The Hall–Kier alpha value is -2.89. The molecule has 0 fully saturated rings. The number of rotatable bonds is 8. The third-order valence-electron chi connectivity index (χ3n) is 3.96. The second kappa shape index (κ2) is 8.28. The monoisotopic (exact) mass is 346 g/mol. The number of carbonyl (C=O) groups is 1. The third-order valence-corrected chi connectivity index (χ3v) is 3.96. The van der Waals surface area contributed by atoms with Crippen LogP contribution in [0.15, 0.2) is 36.4 Å². The Kier molecular flexibility index (Phi) is 6.11. The van der Waals surface area contributed by atoms with Gasteiger partial charge in [-0.1, -0.05) is 12.1 Å². The normalized spacial score (nSPS) is 11.5. The van der Waals surface area contributed by atoms with Crippen LogP contribution in [0.4, 0.5) is 0 Å². The van der Waals surface area contributed by atoms with Crippen molar-refractivity contribution < 1.29 is 28.8 Å². The average molecular weight is 346 g/mol. The highest BCUT2D eigenvalue weighted by Gasteiger charge is 2.23. The number of benzene rings is 2. The Morgan fingerprint density at radius 3 is 2.08 bits per heavy atom. The van der Waals surface area contributed by atoms with Crippen LogP contribution in [0, 0.1) is 0 Å². The van der Waals surface area contributed by atoms with Crippen LogP contribution >= 0.6 is 0 Å². The first-order chi connectivity index (χ1) is 12.0. The highest BCUT2D eigenvalue weighted by molar-refractivity contribution is 5.77. The van der Waals surface area contributed by atoms with Crippen LogP contribution in [0.25, 0.3) is 0 Å². The molecule has 1 N–H and O–H groups in total. The third kappa shape index (κ3) is 4.15. The fraction of sp³-hybridized carbons (Fsp3) is 0.316. The minimum absolute atomic E-state index is 0.277. The smallest absolute Gasteiger partial charge is 0.311 e. The molecule has 25 heavy (non-hydrogen) atoms. The first-order valence-corrected chi connectivity index (χ1v) is 7.69. The van der Waals surface area contributed by atoms with Crippen LogP contribution < -0.4 is 18.9 Å². The van der Waals surface area contributed by atoms with E-state index >= 15 is 0 Å². The van der Waals surface area contributed by atoms with Crippen LogP contribution in [-0.4, -0.2) is 39.5 Å². The molecule has 0 amide bonds. The molecule has 2 aromatic rings. The first kappa shape index (κ1) is 18.4. The van der Waals surface area contributed by atoms with Crippen molar-refractivity contribution in [1.82, 2.24) is 0 Å². The van der Waals surface area contributed by atoms with Gasteiger partial charge in [0.1, 0.15) is 5.75 Å². The summed E-state index contributed by atoms with van der Waals surface area (Å²) in [5.41, 5.74) is 1.44. The number of aliphatic carboxylic acids is 1. The predicted octanol–water partition coefficient (Wildman–Crippen LogP) is 3.13. The molecule has 0 aliphatic rings. The molecule has 1 atom stereocenters. The largest absolute Gasteiger partial charge is 0.497 e. The molecule has 2 aromatic carbocycles. The molecule has 0 saturated carbocycles. The van der Waals surface area contributed by atoms with Crippen LogP contribution in [-0.2, 0) is 11.2 Å². The molecule has 0 heterocycles. The molecule has 0 radical (unpaired) electrons. The lowest BCUT2D eigenvalue weighted by atomic mass is 9.91. The van der Waals surface area contributed by atoms with Crippen LogP contribution in [0.5, 0.6) is 23.0 Å². The molecule has 0 aromatic heterocycles. The Bertz CT molecular complexity index is 715. The minimum atomic E-state index is -0.915. The molecule has 0 spiro atoms. The maximum absolute atomic E-state index is 11.8. The molecule has 1 unspecified atom stereocenters. The summed E-state index contributed by atoms with van der Waals surface area (Å²) in [5, 5.41) is 9.68. The molecule has 6 heteroatoms. The fourth-order valence-electron chi connectivity index (χ4n) is 2.69. The van der Waals surface area contributed by atoms with E-state index in [0.29, 0.717) is 28.6 Å². The lowest BCUT2D eigenvalue weighted by molar-refractivity contribution is -0.138. The van der Waals surface area contributed by atoms with Gasteiger partial charge in [-0.25, -0.2) is 0 Å². The molecule has 134 valence electrons. The van der Waals surface area contributed by atoms with Crippen LogP contribution in [0.3, 0.4) is 0 Å². The Morgan fingerprint density at radius 1 is 0.960 bits per heavy atom. The van der Waals surface area contributed by atoms with E-state index in [0.717, 1.165) is 5.56 Å². The van der Waals surface area contributed by atoms with Gasteiger partial charge >= 0.3 is 5.97 Å². The summed E-state index contributed by atoms with van der Waals surface area (Å²) in [7, 11) is 6.13. The maximum atomic E-state index is 11.8. The molecule has 6 nitrogen and oxygen atoms in total. The molecular weight excluding hydrogens is 324 g/mol. The second-order valence-electron chi connectivity index (χ2n) is 5.41. The Labute approximate surface area is 146 Å². The van der Waals surface area contributed by atoms with Crippen molar-refractivity contribution in [3.63, 3.8) is 0 Å². The van der Waals surface area contributed by atoms with Crippen molar-refractivity contribution in [3.05, 3.63) is 47.5 Å². The van der Waals surface area contributed by atoms with Gasteiger partial charge in [-0.05, 0) is 41.8 Å². The van der Waals surface area contributed by atoms with E-state index in [1.54, 1.807) is 43.5 Å². The van der Waals surface area contributed by atoms with E-state index in [9.17, 15) is 9.90 Å². The van der Waals surface area contributed by atoms with Gasteiger partial charge in [0.25, 0.3) is 0 Å². The van der Waals surface area contributed by atoms with E-state index < -0.39 is 11.9 Å². The summed E-state index contributed by atoms with van der Waals surface area (Å²) < 4.78 is 21.1. The zero-order chi connectivity index (χ0) is 18.4. The molecule has 0 bridgehead atoms. The summed E-state index contributed by atoms with van der Waals surface area (Å²) in [6, 6.07) is 10.6. The summed E-state index contributed by atoms with van der Waals surface area (Å²) in [5.74, 6) is 0.439. The van der Waals surface area contributed by atoms with Crippen molar-refractivity contribution in [3.8, 4) is 23.0 Å². The first-order valence-electron chi connectivity index (χ1n) is 7.69. The number of carboxylic acid groups (broad SMARTS) is 1. The van der Waals surface area contributed by atoms with Gasteiger partial charge in [0.2, 0.25) is 5.75 Å². The van der Waals surface area contributed by atoms with Crippen molar-refractivity contribution >= 4 is 5.97 Å². The maximum Gasteiger partial charge on any atom is 0.311 e. The Morgan fingerprint density at radius 2 is 1.60 bits per heavy atom. The van der Waals surface area contributed by atoms with Crippen molar-refractivity contribution in [1.29, 1.82) is 0 Å². The van der Waals surface area contributed by atoms with Gasteiger partial charge in [-0.3, -0.25) is 4.79 Å². The molecule has 0 saturated heterocycles. The SMILES string of the molecule is COc1cccc(C(Cc2cc(OC)c(OC)c(OC)c2)C(=O)O)c1. The second-order valence-corrected chi connectivity index (χ2v) is 5.41. The molecule has 2 rings (SSSR count). The average Bonchev–Trinajstić information content (AvgIpc) is 2.64. The highest BCUT2D eigenvalue weighted by atomic mass is 16.5. The standard InChI is InChI=1S/C19H22O6/c1-22-14-7-5-6-13(11-14)15(19(20)21)8-12-9-16(23-2)18(25-4)17(10-12)24-3/h5-7,9-11,15H,8H2,1-4H3,(H,20,21). The number of methoxy groups -OCH3 is 4. The summed E-state index contributed by atoms with van der Waals surface area (Å²) in [6.07, 6.45) is 0.277. The van der Waals surface area contributed by atoms with Gasteiger partial charge in [-0.2, -0.15) is 0 Å². The van der Waals surface area contributed by atoms with Gasteiger partial charge in [0.15, 0.2) is 11.5 Å². The molecular formula is C19H22O6. The molecule has 0 aliphatic carbocycles. The van der Waals surface area contributed by atoms with E-state index in [1.165, 1.54) is 21.3 Å². The molecule has 0 aliphatic heterocycles. The van der Waals surface area contributed by atoms with E-state index in [-0.39, 0.29) is 6.42 Å². The summed E-state index contributed by atoms with van der Waals surface area (Å²) >= 11 is 0. The fourth-order valence-corrected chi connectivity index (χ4v) is 2.69. The van der Waals surface area contributed by atoms with Gasteiger partial charge in [-0.15, -0.1) is 0 Å². The van der Waals surface area contributed by atoms with Crippen LogP contribution in [0.1, 0.15) is 17.0 Å². The van der Waals surface area contributed by atoms with Crippen LogP contribution in [0.2, 0.25) is 0 Å². The number of ether oxygens (including phenoxy) is 4.